The van der Waals surface area contributed by atoms with Crippen LogP contribution >= 0.6 is 11.3 Å². The highest BCUT2D eigenvalue weighted by molar-refractivity contribution is 7.10. The Balaban J connectivity index is 1.50. The van der Waals surface area contributed by atoms with Crippen LogP contribution < -0.4 is 14.8 Å². The highest BCUT2D eigenvalue weighted by Gasteiger charge is 2.33. The molecular formula is C29H27N5O4S. The Bertz CT molecular complexity index is 1550. The van der Waals surface area contributed by atoms with Gasteiger partial charge < -0.3 is 19.7 Å². The lowest BCUT2D eigenvalue weighted by atomic mass is 10.1. The SMILES string of the molecule is COc1ccc(CN(C(=O)Cn2nnc3ccccc32)[C@H](C(=O)Nc2ccc(OC)cc2)c2cccs2)cc1. The largest absolute Gasteiger partial charge is 0.497 e. The molecule has 0 fully saturated rings. The number of hydrogen-bond donors (Lipinski definition) is 1. The van der Waals surface area contributed by atoms with Gasteiger partial charge in [-0.3, -0.25) is 9.59 Å². The second-order valence-electron chi connectivity index (χ2n) is 8.74. The molecular weight excluding hydrogens is 514 g/mol. The molecule has 0 aliphatic carbocycles. The molecule has 0 saturated carbocycles. The summed E-state index contributed by atoms with van der Waals surface area (Å²) in [5.74, 6) is 0.787. The predicted molar refractivity (Wildman–Crippen MR) is 150 cm³/mol. The minimum atomic E-state index is -0.878. The van der Waals surface area contributed by atoms with Crippen LogP contribution in [0, 0.1) is 0 Å². The molecule has 198 valence electrons. The first-order valence-corrected chi connectivity index (χ1v) is 13.1. The van der Waals surface area contributed by atoms with E-state index >= 15 is 0 Å². The maximum Gasteiger partial charge on any atom is 0.252 e. The zero-order chi connectivity index (χ0) is 27.2. The van der Waals surface area contributed by atoms with E-state index in [1.807, 2.05) is 66.0 Å². The normalized spacial score (nSPS) is 11.6. The summed E-state index contributed by atoms with van der Waals surface area (Å²) in [7, 11) is 3.19. The summed E-state index contributed by atoms with van der Waals surface area (Å²) in [4.78, 5) is 30.1. The molecule has 0 aliphatic heterocycles. The zero-order valence-corrected chi connectivity index (χ0v) is 22.3. The Hall–Kier alpha value is -4.70. The van der Waals surface area contributed by atoms with E-state index in [1.165, 1.54) is 11.3 Å². The number of rotatable bonds is 10. The van der Waals surface area contributed by atoms with Crippen LogP contribution in [0.25, 0.3) is 11.0 Å². The summed E-state index contributed by atoms with van der Waals surface area (Å²) in [6.45, 7) is 0.127. The Morgan fingerprint density at radius 3 is 2.28 bits per heavy atom. The second kappa shape index (κ2) is 11.8. The fourth-order valence-corrected chi connectivity index (χ4v) is 5.09. The molecule has 3 aromatic carbocycles. The van der Waals surface area contributed by atoms with Crippen molar-refractivity contribution in [2.45, 2.75) is 19.1 Å². The molecule has 9 nitrogen and oxygen atoms in total. The van der Waals surface area contributed by atoms with Crippen LogP contribution in [-0.2, 0) is 22.7 Å². The van der Waals surface area contributed by atoms with Gasteiger partial charge >= 0.3 is 0 Å². The van der Waals surface area contributed by atoms with Crippen molar-refractivity contribution >= 4 is 39.9 Å². The van der Waals surface area contributed by atoms with Gasteiger partial charge in [0.2, 0.25) is 5.91 Å². The molecule has 0 radical (unpaired) electrons. The molecule has 0 saturated heterocycles. The highest BCUT2D eigenvalue weighted by Crippen LogP contribution is 2.30. The van der Waals surface area contributed by atoms with Gasteiger partial charge in [-0.25, -0.2) is 4.68 Å². The number of ether oxygens (including phenoxy) is 2. The summed E-state index contributed by atoms with van der Waals surface area (Å²) >= 11 is 1.42. The Labute approximate surface area is 229 Å². The lowest BCUT2D eigenvalue weighted by Gasteiger charge is -2.31. The first-order chi connectivity index (χ1) is 19.1. The van der Waals surface area contributed by atoms with Crippen molar-refractivity contribution in [2.75, 3.05) is 19.5 Å². The molecule has 0 spiro atoms. The number of methoxy groups -OCH3 is 2. The van der Waals surface area contributed by atoms with E-state index < -0.39 is 6.04 Å². The summed E-state index contributed by atoms with van der Waals surface area (Å²) < 4.78 is 12.1. The van der Waals surface area contributed by atoms with Crippen LogP contribution in [0.3, 0.4) is 0 Å². The Morgan fingerprint density at radius 1 is 0.923 bits per heavy atom. The van der Waals surface area contributed by atoms with Crippen LogP contribution in [0.1, 0.15) is 16.5 Å². The number of hydrogen-bond acceptors (Lipinski definition) is 7. The number of fused-ring (bicyclic) bond motifs is 1. The summed E-state index contributed by atoms with van der Waals surface area (Å²) in [6, 6.07) is 24.8. The number of nitrogens with one attached hydrogen (secondary N) is 1. The lowest BCUT2D eigenvalue weighted by molar-refractivity contribution is -0.140. The van der Waals surface area contributed by atoms with Gasteiger partial charge in [0.15, 0.2) is 0 Å². The number of anilines is 1. The lowest BCUT2D eigenvalue weighted by Crippen LogP contribution is -2.42. The third-order valence-corrected chi connectivity index (χ3v) is 7.19. The number of carbonyl (C=O) groups excluding carboxylic acids is 2. The van der Waals surface area contributed by atoms with E-state index in [9.17, 15) is 9.59 Å². The van der Waals surface area contributed by atoms with Crippen LogP contribution in [0.4, 0.5) is 5.69 Å². The fraction of sp³-hybridized carbons (Fsp3) is 0.172. The second-order valence-corrected chi connectivity index (χ2v) is 9.72. The standard InChI is InChI=1S/C29H27N5O4S/c1-37-22-13-9-20(10-14-22)18-33(27(35)19-34-25-7-4-3-6-24(25)31-32-34)28(26-8-5-17-39-26)29(36)30-21-11-15-23(38-2)16-12-21/h3-17,28H,18-19H2,1-2H3,(H,30,36)/t28-/m0/s1. The maximum absolute atomic E-state index is 14.0. The van der Waals surface area contributed by atoms with Crippen molar-refractivity contribution in [3.8, 4) is 11.5 Å². The van der Waals surface area contributed by atoms with Crippen LogP contribution in [0.5, 0.6) is 11.5 Å². The summed E-state index contributed by atoms with van der Waals surface area (Å²) in [6.07, 6.45) is 0. The predicted octanol–water partition coefficient (Wildman–Crippen LogP) is 4.92. The number of thiophene rings is 1. The van der Waals surface area contributed by atoms with Gasteiger partial charge in [0.05, 0.1) is 19.7 Å². The number of benzene rings is 3. The molecule has 1 N–H and O–H groups in total. The van der Waals surface area contributed by atoms with Gasteiger partial charge in [0.25, 0.3) is 5.91 Å². The van der Waals surface area contributed by atoms with Crippen molar-refractivity contribution in [1.29, 1.82) is 0 Å². The molecule has 2 heterocycles. The molecule has 0 bridgehead atoms. The minimum absolute atomic E-state index is 0.0750. The number of carbonyl (C=O) groups is 2. The topological polar surface area (TPSA) is 98.6 Å². The Kier molecular flexibility index (Phi) is 7.83. The molecule has 39 heavy (non-hydrogen) atoms. The van der Waals surface area contributed by atoms with Gasteiger partial charge in [0.1, 0.15) is 29.6 Å². The van der Waals surface area contributed by atoms with E-state index in [-0.39, 0.29) is 24.9 Å². The van der Waals surface area contributed by atoms with E-state index in [2.05, 4.69) is 15.6 Å². The molecule has 10 heteroatoms. The molecule has 5 aromatic rings. The number of para-hydroxylation sites is 1. The van der Waals surface area contributed by atoms with Gasteiger partial charge in [-0.2, -0.15) is 0 Å². The average molecular weight is 542 g/mol. The smallest absolute Gasteiger partial charge is 0.252 e. The quantitative estimate of drug-likeness (QED) is 0.270. The highest BCUT2D eigenvalue weighted by atomic mass is 32.1. The van der Waals surface area contributed by atoms with Crippen LogP contribution in [-0.4, -0.2) is 45.9 Å². The monoisotopic (exact) mass is 541 g/mol. The molecule has 2 amide bonds. The fourth-order valence-electron chi connectivity index (χ4n) is 4.26. The first-order valence-electron chi connectivity index (χ1n) is 12.2. The third-order valence-electron chi connectivity index (χ3n) is 6.27. The summed E-state index contributed by atoms with van der Waals surface area (Å²) in [5.41, 5.74) is 2.89. The number of nitrogens with zero attached hydrogens (tertiary/aromatic N) is 4. The maximum atomic E-state index is 14.0. The molecule has 1 atom stereocenters. The van der Waals surface area contributed by atoms with E-state index in [0.29, 0.717) is 22.7 Å². The average Bonchev–Trinajstić information content (AvgIpc) is 3.64. The van der Waals surface area contributed by atoms with Gasteiger partial charge in [0, 0.05) is 17.1 Å². The minimum Gasteiger partial charge on any atom is -0.497 e. The Morgan fingerprint density at radius 2 is 1.62 bits per heavy atom. The van der Waals surface area contributed by atoms with Crippen LogP contribution in [0.2, 0.25) is 0 Å². The van der Waals surface area contributed by atoms with E-state index in [4.69, 9.17) is 9.47 Å². The van der Waals surface area contributed by atoms with Crippen molar-refractivity contribution in [1.82, 2.24) is 19.9 Å². The van der Waals surface area contributed by atoms with E-state index in [1.54, 1.807) is 48.1 Å². The van der Waals surface area contributed by atoms with E-state index in [0.717, 1.165) is 16.0 Å². The van der Waals surface area contributed by atoms with Crippen molar-refractivity contribution in [2.24, 2.45) is 0 Å². The van der Waals surface area contributed by atoms with Crippen molar-refractivity contribution in [3.05, 3.63) is 101 Å². The third kappa shape index (κ3) is 5.91. The molecule has 0 aliphatic rings. The molecule has 0 unspecified atom stereocenters. The van der Waals surface area contributed by atoms with Gasteiger partial charge in [-0.05, 0) is 65.5 Å². The van der Waals surface area contributed by atoms with Gasteiger partial charge in [-0.15, -0.1) is 16.4 Å². The molecule has 2 aromatic heterocycles. The molecule has 5 rings (SSSR count). The van der Waals surface area contributed by atoms with Crippen molar-refractivity contribution in [3.63, 3.8) is 0 Å². The summed E-state index contributed by atoms with van der Waals surface area (Å²) in [5, 5.41) is 13.2. The zero-order valence-electron chi connectivity index (χ0n) is 21.5. The first kappa shape index (κ1) is 25.9. The number of aromatic nitrogens is 3. The van der Waals surface area contributed by atoms with Gasteiger partial charge in [-0.1, -0.05) is 35.5 Å². The number of amides is 2. The van der Waals surface area contributed by atoms with Crippen molar-refractivity contribution < 1.29 is 19.1 Å². The van der Waals surface area contributed by atoms with Crippen LogP contribution in [0.15, 0.2) is 90.3 Å².